The van der Waals surface area contributed by atoms with Crippen LogP contribution in [0.25, 0.3) is 0 Å². The van der Waals surface area contributed by atoms with E-state index >= 15 is 0 Å². The molecule has 136 valence electrons. The second kappa shape index (κ2) is 7.68. The van der Waals surface area contributed by atoms with E-state index in [9.17, 15) is 14.0 Å². The van der Waals surface area contributed by atoms with Crippen molar-refractivity contribution < 1.29 is 14.0 Å². The monoisotopic (exact) mass is 354 g/mol. The molecule has 3 rings (SSSR count). The van der Waals surface area contributed by atoms with Crippen LogP contribution in [-0.2, 0) is 11.3 Å². The third-order valence-corrected chi connectivity index (χ3v) is 4.92. The molecule has 1 aliphatic heterocycles. The lowest BCUT2D eigenvalue weighted by atomic mass is 9.80. The van der Waals surface area contributed by atoms with Crippen LogP contribution in [0.15, 0.2) is 54.6 Å². The number of carbonyl (C=O) groups excluding carboxylic acids is 2. The molecule has 0 unspecified atom stereocenters. The van der Waals surface area contributed by atoms with Gasteiger partial charge in [-0.1, -0.05) is 30.3 Å². The van der Waals surface area contributed by atoms with Gasteiger partial charge in [0.15, 0.2) is 0 Å². The molecule has 2 aromatic rings. The fourth-order valence-electron chi connectivity index (χ4n) is 3.36. The van der Waals surface area contributed by atoms with Gasteiger partial charge in [0.05, 0.1) is 5.41 Å². The fourth-order valence-corrected chi connectivity index (χ4v) is 3.36. The number of hydrogen-bond donors (Lipinski definition) is 1. The number of likely N-dealkylation sites (tertiary alicyclic amines) is 1. The van der Waals surface area contributed by atoms with Gasteiger partial charge < -0.3 is 10.2 Å². The zero-order chi connectivity index (χ0) is 18.6. The molecule has 0 saturated carbocycles. The topological polar surface area (TPSA) is 49.4 Å². The Balaban J connectivity index is 1.63. The third kappa shape index (κ3) is 4.10. The van der Waals surface area contributed by atoms with E-state index in [1.807, 2.05) is 25.1 Å². The molecule has 1 atom stereocenters. The number of benzene rings is 2. The summed E-state index contributed by atoms with van der Waals surface area (Å²) in [6.07, 6.45) is 1.53. The van der Waals surface area contributed by atoms with Crippen molar-refractivity contribution in [1.82, 2.24) is 10.2 Å². The summed E-state index contributed by atoms with van der Waals surface area (Å²) in [5, 5.41) is 2.93. The summed E-state index contributed by atoms with van der Waals surface area (Å²) in [5.74, 6) is -0.412. The second-order valence-corrected chi connectivity index (χ2v) is 7.07. The van der Waals surface area contributed by atoms with Crippen LogP contribution in [0.1, 0.15) is 35.7 Å². The quantitative estimate of drug-likeness (QED) is 0.915. The highest BCUT2D eigenvalue weighted by Crippen LogP contribution is 2.30. The van der Waals surface area contributed by atoms with Crippen LogP contribution < -0.4 is 5.32 Å². The summed E-state index contributed by atoms with van der Waals surface area (Å²) in [6.45, 7) is 3.31. The SMILES string of the molecule is C[C@@]1(C(=O)NCc2ccc(F)cc2)CCCN(C(=O)c2ccccc2)C1. The normalized spacial score (nSPS) is 19.8. The number of amides is 2. The summed E-state index contributed by atoms with van der Waals surface area (Å²) in [4.78, 5) is 27.2. The van der Waals surface area contributed by atoms with Crippen molar-refractivity contribution in [3.8, 4) is 0 Å². The summed E-state index contributed by atoms with van der Waals surface area (Å²) < 4.78 is 13.0. The summed E-state index contributed by atoms with van der Waals surface area (Å²) in [6, 6.07) is 15.2. The molecule has 0 aromatic heterocycles. The van der Waals surface area contributed by atoms with Gasteiger partial charge in [-0.2, -0.15) is 0 Å². The van der Waals surface area contributed by atoms with Gasteiger partial charge in [-0.15, -0.1) is 0 Å². The fraction of sp³-hybridized carbons (Fsp3) is 0.333. The van der Waals surface area contributed by atoms with Crippen LogP contribution in [0.3, 0.4) is 0 Å². The van der Waals surface area contributed by atoms with Gasteiger partial charge in [0.2, 0.25) is 5.91 Å². The molecule has 0 bridgehead atoms. The number of carbonyl (C=O) groups is 2. The van der Waals surface area contributed by atoms with E-state index < -0.39 is 5.41 Å². The molecule has 0 spiro atoms. The molecule has 2 amide bonds. The molecular weight excluding hydrogens is 331 g/mol. The Bertz CT molecular complexity index is 776. The molecule has 5 heteroatoms. The minimum absolute atomic E-state index is 0.0390. The van der Waals surface area contributed by atoms with E-state index in [0.29, 0.717) is 25.2 Å². The third-order valence-electron chi connectivity index (χ3n) is 4.92. The Morgan fingerprint density at radius 2 is 1.81 bits per heavy atom. The maximum atomic E-state index is 13.0. The minimum atomic E-state index is -0.622. The first-order valence-electron chi connectivity index (χ1n) is 8.85. The standard InChI is InChI=1S/C21H23FN2O2/c1-21(20(26)23-14-16-8-10-18(22)11-9-16)12-5-13-24(15-21)19(25)17-6-3-2-4-7-17/h2-4,6-11H,5,12-15H2,1H3,(H,23,26)/t21-/m1/s1. The number of nitrogens with zero attached hydrogens (tertiary/aromatic N) is 1. The Labute approximate surface area is 153 Å². The van der Waals surface area contributed by atoms with Gasteiger partial charge in [-0.25, -0.2) is 4.39 Å². The van der Waals surface area contributed by atoms with Gasteiger partial charge in [0, 0.05) is 25.2 Å². The van der Waals surface area contributed by atoms with Crippen molar-refractivity contribution in [1.29, 1.82) is 0 Å². The van der Waals surface area contributed by atoms with Gasteiger partial charge in [-0.3, -0.25) is 9.59 Å². The molecule has 1 aliphatic rings. The Hall–Kier alpha value is -2.69. The lowest BCUT2D eigenvalue weighted by Crippen LogP contribution is -2.51. The maximum Gasteiger partial charge on any atom is 0.253 e. The highest BCUT2D eigenvalue weighted by molar-refractivity contribution is 5.95. The highest BCUT2D eigenvalue weighted by atomic mass is 19.1. The first-order chi connectivity index (χ1) is 12.5. The molecule has 1 heterocycles. The van der Waals surface area contributed by atoms with E-state index in [1.54, 1.807) is 29.2 Å². The average Bonchev–Trinajstić information content (AvgIpc) is 2.67. The zero-order valence-electron chi connectivity index (χ0n) is 14.9. The molecule has 26 heavy (non-hydrogen) atoms. The predicted octanol–water partition coefficient (Wildman–Crippen LogP) is 3.38. The highest BCUT2D eigenvalue weighted by Gasteiger charge is 2.39. The minimum Gasteiger partial charge on any atom is -0.351 e. The van der Waals surface area contributed by atoms with Crippen molar-refractivity contribution in [3.05, 3.63) is 71.5 Å². The number of piperidine rings is 1. The summed E-state index contributed by atoms with van der Waals surface area (Å²) in [5.41, 5.74) is 0.864. The molecule has 0 radical (unpaired) electrons. The second-order valence-electron chi connectivity index (χ2n) is 7.07. The Morgan fingerprint density at radius 1 is 1.12 bits per heavy atom. The zero-order valence-corrected chi connectivity index (χ0v) is 14.9. The van der Waals surface area contributed by atoms with Gasteiger partial charge in [0.25, 0.3) is 5.91 Å². The van der Waals surface area contributed by atoms with Crippen LogP contribution in [-0.4, -0.2) is 29.8 Å². The maximum absolute atomic E-state index is 13.0. The first kappa shape index (κ1) is 18.1. The van der Waals surface area contributed by atoms with Crippen LogP contribution in [0, 0.1) is 11.2 Å². The molecule has 4 nitrogen and oxygen atoms in total. The van der Waals surface area contributed by atoms with Gasteiger partial charge >= 0.3 is 0 Å². The van der Waals surface area contributed by atoms with Crippen molar-refractivity contribution in [2.75, 3.05) is 13.1 Å². The average molecular weight is 354 g/mol. The smallest absolute Gasteiger partial charge is 0.253 e. The van der Waals surface area contributed by atoms with E-state index in [1.165, 1.54) is 12.1 Å². The largest absolute Gasteiger partial charge is 0.351 e. The van der Waals surface area contributed by atoms with Crippen LogP contribution in [0.5, 0.6) is 0 Å². The van der Waals surface area contributed by atoms with Crippen LogP contribution >= 0.6 is 0 Å². The Kier molecular flexibility index (Phi) is 5.35. The van der Waals surface area contributed by atoms with Crippen molar-refractivity contribution >= 4 is 11.8 Å². The van der Waals surface area contributed by atoms with E-state index in [4.69, 9.17) is 0 Å². The molecule has 1 N–H and O–H groups in total. The summed E-state index contributed by atoms with van der Waals surface area (Å²) >= 11 is 0. The molecule has 2 aromatic carbocycles. The lowest BCUT2D eigenvalue weighted by Gasteiger charge is -2.39. The Morgan fingerprint density at radius 3 is 2.50 bits per heavy atom. The van der Waals surface area contributed by atoms with Crippen LogP contribution in [0.4, 0.5) is 4.39 Å². The van der Waals surface area contributed by atoms with E-state index in [2.05, 4.69) is 5.32 Å². The summed E-state index contributed by atoms with van der Waals surface area (Å²) in [7, 11) is 0. The lowest BCUT2D eigenvalue weighted by molar-refractivity contribution is -0.132. The number of nitrogens with one attached hydrogen (secondary N) is 1. The molecule has 1 fully saturated rings. The van der Waals surface area contributed by atoms with Gasteiger partial charge in [0.1, 0.15) is 5.82 Å². The number of hydrogen-bond acceptors (Lipinski definition) is 2. The van der Waals surface area contributed by atoms with Gasteiger partial charge in [-0.05, 0) is 49.6 Å². The number of halogens is 1. The molecule has 0 aliphatic carbocycles. The van der Waals surface area contributed by atoms with E-state index in [-0.39, 0.29) is 17.6 Å². The molecular formula is C21H23FN2O2. The van der Waals surface area contributed by atoms with Crippen LogP contribution in [0.2, 0.25) is 0 Å². The molecule has 1 saturated heterocycles. The van der Waals surface area contributed by atoms with E-state index in [0.717, 1.165) is 18.4 Å². The predicted molar refractivity (Wildman–Crippen MR) is 97.9 cm³/mol. The van der Waals surface area contributed by atoms with Crippen molar-refractivity contribution in [2.24, 2.45) is 5.41 Å². The van der Waals surface area contributed by atoms with Crippen molar-refractivity contribution in [3.63, 3.8) is 0 Å². The number of rotatable bonds is 4. The first-order valence-corrected chi connectivity index (χ1v) is 8.85. The van der Waals surface area contributed by atoms with Crippen molar-refractivity contribution in [2.45, 2.75) is 26.3 Å².